The monoisotopic (exact) mass is 582 g/mol. The maximum atomic E-state index is 2.41. The number of fused-ring (bicyclic) bond motifs is 4. The van der Waals surface area contributed by atoms with Gasteiger partial charge in [0.25, 0.3) is 0 Å². The van der Waals surface area contributed by atoms with Gasteiger partial charge in [-0.1, -0.05) is 170 Å². The molecule has 0 heterocycles. The van der Waals surface area contributed by atoms with Gasteiger partial charge in [0.05, 0.1) is 0 Å². The van der Waals surface area contributed by atoms with E-state index in [-0.39, 0.29) is 0 Å². The van der Waals surface area contributed by atoms with E-state index in [1.807, 2.05) is 0 Å². The second-order valence-corrected chi connectivity index (χ2v) is 12.1. The molecule has 0 bridgehead atoms. The zero-order chi connectivity index (χ0) is 30.5. The van der Waals surface area contributed by atoms with Crippen molar-refractivity contribution >= 4 is 43.1 Å². The Balaban J connectivity index is 1.28. The molecule has 0 aliphatic heterocycles. The third kappa shape index (κ3) is 4.30. The van der Waals surface area contributed by atoms with Crippen LogP contribution < -0.4 is 0 Å². The van der Waals surface area contributed by atoms with Gasteiger partial charge in [0, 0.05) is 0 Å². The van der Waals surface area contributed by atoms with Crippen molar-refractivity contribution < 1.29 is 0 Å². The highest BCUT2D eigenvalue weighted by atomic mass is 14.2. The Hall–Kier alpha value is -5.98. The Morgan fingerprint density at radius 2 is 0.652 bits per heavy atom. The van der Waals surface area contributed by atoms with E-state index in [2.05, 4.69) is 182 Å². The van der Waals surface area contributed by atoms with Gasteiger partial charge < -0.3 is 0 Å². The highest BCUT2D eigenvalue weighted by molar-refractivity contribution is 6.22. The minimum absolute atomic E-state index is 1.22. The lowest BCUT2D eigenvalue weighted by Gasteiger charge is -2.19. The first-order chi connectivity index (χ1) is 22.8. The molecule has 0 spiro atoms. The predicted molar refractivity (Wildman–Crippen MR) is 198 cm³/mol. The second kappa shape index (κ2) is 10.9. The largest absolute Gasteiger partial charge is 0.0622 e. The molecular weight excluding hydrogens is 553 g/mol. The van der Waals surface area contributed by atoms with Crippen LogP contribution >= 0.6 is 0 Å². The Bertz CT molecular complexity index is 2550. The molecule has 0 unspecified atom stereocenters. The molecule has 0 saturated heterocycles. The fourth-order valence-electron chi connectivity index (χ4n) is 7.35. The SMILES string of the molecule is c1ccc(-c2c3ccccc3c(-c3ccccc3)c3cc(-c4ccc5c(-c6cccc7ccccc67)cccc5c4)ccc23)cc1. The average molecular weight is 583 g/mol. The Kier molecular flexibility index (Phi) is 6.25. The van der Waals surface area contributed by atoms with Crippen molar-refractivity contribution in [3.05, 3.63) is 182 Å². The molecule has 9 aromatic carbocycles. The maximum Gasteiger partial charge on any atom is -0.00262 e. The fraction of sp³-hybridized carbons (Fsp3) is 0. The second-order valence-electron chi connectivity index (χ2n) is 12.1. The van der Waals surface area contributed by atoms with Crippen LogP contribution in [-0.4, -0.2) is 0 Å². The van der Waals surface area contributed by atoms with Crippen LogP contribution in [0.15, 0.2) is 182 Å². The minimum atomic E-state index is 1.22. The lowest BCUT2D eigenvalue weighted by atomic mass is 9.84. The van der Waals surface area contributed by atoms with Crippen LogP contribution in [-0.2, 0) is 0 Å². The van der Waals surface area contributed by atoms with Crippen molar-refractivity contribution in [1.82, 2.24) is 0 Å². The summed E-state index contributed by atoms with van der Waals surface area (Å²) in [6.07, 6.45) is 0. The van der Waals surface area contributed by atoms with E-state index >= 15 is 0 Å². The van der Waals surface area contributed by atoms with E-state index in [4.69, 9.17) is 0 Å². The molecule has 0 amide bonds. The normalized spacial score (nSPS) is 11.5. The Morgan fingerprint density at radius 3 is 1.30 bits per heavy atom. The lowest BCUT2D eigenvalue weighted by Crippen LogP contribution is -1.91. The first kappa shape index (κ1) is 26.4. The topological polar surface area (TPSA) is 0 Å². The molecule has 9 rings (SSSR count). The smallest absolute Gasteiger partial charge is 0.00262 e. The summed E-state index contributed by atoms with van der Waals surface area (Å²) in [4.78, 5) is 0. The summed E-state index contributed by atoms with van der Waals surface area (Å²) in [5.74, 6) is 0. The van der Waals surface area contributed by atoms with E-state index in [0.717, 1.165) is 0 Å². The molecule has 0 aromatic heterocycles. The first-order valence-corrected chi connectivity index (χ1v) is 15.9. The van der Waals surface area contributed by atoms with E-state index in [0.29, 0.717) is 0 Å². The van der Waals surface area contributed by atoms with E-state index in [1.54, 1.807) is 0 Å². The summed E-state index contributed by atoms with van der Waals surface area (Å²) in [5, 5.41) is 10.2. The third-order valence-electron chi connectivity index (χ3n) is 9.44. The Labute approximate surface area is 268 Å². The molecular formula is C46H30. The Morgan fingerprint density at radius 1 is 0.217 bits per heavy atom. The predicted octanol–water partition coefficient (Wildman–Crippen LogP) is 13.0. The van der Waals surface area contributed by atoms with Gasteiger partial charge in [0.1, 0.15) is 0 Å². The number of hydrogen-bond donors (Lipinski definition) is 0. The summed E-state index contributed by atoms with van der Waals surface area (Å²) in [6, 6.07) is 66.5. The molecule has 0 nitrogen and oxygen atoms in total. The van der Waals surface area contributed by atoms with E-state index < -0.39 is 0 Å². The summed E-state index contributed by atoms with van der Waals surface area (Å²) in [6.45, 7) is 0. The van der Waals surface area contributed by atoms with E-state index in [1.165, 1.54) is 87.6 Å². The fourth-order valence-corrected chi connectivity index (χ4v) is 7.35. The molecule has 0 radical (unpaired) electrons. The van der Waals surface area contributed by atoms with Gasteiger partial charge in [-0.25, -0.2) is 0 Å². The molecule has 46 heavy (non-hydrogen) atoms. The van der Waals surface area contributed by atoms with Gasteiger partial charge in [-0.2, -0.15) is 0 Å². The van der Waals surface area contributed by atoms with Crippen molar-refractivity contribution in [3.8, 4) is 44.5 Å². The van der Waals surface area contributed by atoms with Crippen LogP contribution in [0.25, 0.3) is 87.6 Å². The zero-order valence-corrected chi connectivity index (χ0v) is 25.3. The van der Waals surface area contributed by atoms with Crippen LogP contribution in [0.5, 0.6) is 0 Å². The third-order valence-corrected chi connectivity index (χ3v) is 9.44. The number of rotatable bonds is 4. The van der Waals surface area contributed by atoms with Crippen LogP contribution in [0.1, 0.15) is 0 Å². The van der Waals surface area contributed by atoms with Gasteiger partial charge in [-0.05, 0) is 99.7 Å². The molecule has 0 N–H and O–H groups in total. The highest BCUT2D eigenvalue weighted by Gasteiger charge is 2.17. The quantitative estimate of drug-likeness (QED) is 0.181. The maximum absolute atomic E-state index is 2.41. The molecule has 9 aromatic rings. The van der Waals surface area contributed by atoms with Gasteiger partial charge >= 0.3 is 0 Å². The van der Waals surface area contributed by atoms with Gasteiger partial charge in [-0.15, -0.1) is 0 Å². The van der Waals surface area contributed by atoms with Crippen LogP contribution in [0.2, 0.25) is 0 Å². The zero-order valence-electron chi connectivity index (χ0n) is 25.3. The lowest BCUT2D eigenvalue weighted by molar-refractivity contribution is 1.64. The van der Waals surface area contributed by atoms with Crippen molar-refractivity contribution in [2.45, 2.75) is 0 Å². The van der Waals surface area contributed by atoms with E-state index in [9.17, 15) is 0 Å². The van der Waals surface area contributed by atoms with Gasteiger partial charge in [0.15, 0.2) is 0 Å². The van der Waals surface area contributed by atoms with Crippen molar-refractivity contribution in [3.63, 3.8) is 0 Å². The summed E-state index contributed by atoms with van der Waals surface area (Å²) < 4.78 is 0. The molecule has 214 valence electrons. The van der Waals surface area contributed by atoms with Crippen LogP contribution in [0, 0.1) is 0 Å². The van der Waals surface area contributed by atoms with Crippen LogP contribution in [0.4, 0.5) is 0 Å². The summed E-state index contributed by atoms with van der Waals surface area (Å²) in [7, 11) is 0. The molecule has 0 aliphatic rings. The van der Waals surface area contributed by atoms with Gasteiger partial charge in [0.2, 0.25) is 0 Å². The van der Waals surface area contributed by atoms with Crippen molar-refractivity contribution in [2.75, 3.05) is 0 Å². The molecule has 0 saturated carbocycles. The summed E-state index contributed by atoms with van der Waals surface area (Å²) >= 11 is 0. The van der Waals surface area contributed by atoms with Crippen molar-refractivity contribution in [2.24, 2.45) is 0 Å². The molecule has 0 fully saturated rings. The van der Waals surface area contributed by atoms with Crippen molar-refractivity contribution in [1.29, 1.82) is 0 Å². The number of benzene rings is 9. The molecule has 0 aliphatic carbocycles. The number of hydrogen-bond acceptors (Lipinski definition) is 0. The van der Waals surface area contributed by atoms with Gasteiger partial charge in [-0.3, -0.25) is 0 Å². The minimum Gasteiger partial charge on any atom is -0.0622 e. The first-order valence-electron chi connectivity index (χ1n) is 15.9. The standard InChI is InChI=1S/C46H30/c1-3-14-32(15-4-1)45-41-21-9-10-22-42(41)46(33-16-5-2-6-17-33)44-30-35(26-28-43(44)45)34-25-27-38-36(29-34)19-12-24-40(38)39-23-11-18-31-13-7-8-20-37(31)39/h1-30H. The summed E-state index contributed by atoms with van der Waals surface area (Å²) in [5.41, 5.74) is 10.0. The average Bonchev–Trinajstić information content (AvgIpc) is 3.13. The highest BCUT2D eigenvalue weighted by Crippen LogP contribution is 2.45. The van der Waals surface area contributed by atoms with Crippen LogP contribution in [0.3, 0.4) is 0 Å². The molecule has 0 atom stereocenters. The molecule has 0 heteroatoms.